The van der Waals surface area contributed by atoms with Gasteiger partial charge in [-0.15, -0.1) is 0 Å². The average Bonchev–Trinajstić information content (AvgIpc) is 2.24. The Morgan fingerprint density at radius 3 is 2.65 bits per heavy atom. The Bertz CT molecular complexity index is 342. The minimum Gasteiger partial charge on any atom is -0.520 e. The molecule has 1 aromatic rings. The van der Waals surface area contributed by atoms with E-state index in [1.54, 1.807) is 12.1 Å². The molecule has 0 aliphatic heterocycles. The molecule has 0 N–H and O–H groups in total. The van der Waals surface area contributed by atoms with Crippen LogP contribution in [0, 0.1) is 5.82 Å². The molecule has 0 aliphatic carbocycles. The quantitative estimate of drug-likeness (QED) is 0.540. The molecule has 0 spiro atoms. The van der Waals surface area contributed by atoms with Crippen LogP contribution in [0.3, 0.4) is 0 Å². The summed E-state index contributed by atoms with van der Waals surface area (Å²) < 4.78 is 24.5. The van der Waals surface area contributed by atoms with Crippen molar-refractivity contribution >= 4 is 8.56 Å². The lowest BCUT2D eigenvalue weighted by Crippen LogP contribution is -2.38. The maximum absolute atomic E-state index is 13.0. The number of hydrogen-bond donors (Lipinski definition) is 0. The van der Waals surface area contributed by atoms with E-state index >= 15 is 0 Å². The van der Waals surface area contributed by atoms with E-state index in [4.69, 9.17) is 8.85 Å². The summed E-state index contributed by atoms with van der Waals surface area (Å²) in [5.74, 6) is 0.274. The van der Waals surface area contributed by atoms with Crippen LogP contribution in [0.4, 0.5) is 4.39 Å². The van der Waals surface area contributed by atoms with E-state index in [-0.39, 0.29) is 5.82 Å². The summed E-state index contributed by atoms with van der Waals surface area (Å²) in [5, 5.41) is 0. The minimum atomic E-state index is -2.18. The molecule has 0 amide bonds. The predicted molar refractivity (Wildman–Crippen MR) is 70.0 cm³/mol. The molecule has 0 radical (unpaired) electrons. The molecule has 0 aromatic heterocycles. The van der Waals surface area contributed by atoms with Gasteiger partial charge in [-0.1, -0.05) is 25.8 Å². The van der Waals surface area contributed by atoms with Crippen LogP contribution in [0.15, 0.2) is 24.3 Å². The third-order valence-corrected chi connectivity index (χ3v) is 3.98. The molecule has 0 saturated carbocycles. The number of unbranched alkanes of at least 4 members (excludes halogenated alkanes) is 2. The number of benzene rings is 1. The molecule has 0 aliphatic rings. The molecule has 0 heterocycles. The van der Waals surface area contributed by atoms with Crippen LogP contribution >= 0.6 is 0 Å². The Hall–Kier alpha value is -0.873. The van der Waals surface area contributed by atoms with Gasteiger partial charge in [0.25, 0.3) is 0 Å². The monoisotopic (exact) mass is 256 g/mol. The van der Waals surface area contributed by atoms with E-state index in [9.17, 15) is 4.39 Å². The van der Waals surface area contributed by atoms with Crippen LogP contribution in [-0.2, 0) is 4.43 Å². The Kier molecular flexibility index (Phi) is 5.65. The van der Waals surface area contributed by atoms with Gasteiger partial charge in [-0.05, 0) is 31.6 Å². The van der Waals surface area contributed by atoms with Crippen LogP contribution in [0.2, 0.25) is 13.1 Å². The maximum atomic E-state index is 13.0. The maximum Gasteiger partial charge on any atom is 0.392 e. The molecular formula is C13H21FO2Si. The van der Waals surface area contributed by atoms with Crippen molar-refractivity contribution in [3.63, 3.8) is 0 Å². The van der Waals surface area contributed by atoms with Gasteiger partial charge in [0.15, 0.2) is 0 Å². The van der Waals surface area contributed by atoms with Gasteiger partial charge in [-0.2, -0.15) is 0 Å². The van der Waals surface area contributed by atoms with Gasteiger partial charge >= 0.3 is 8.56 Å². The van der Waals surface area contributed by atoms with Gasteiger partial charge in [0, 0.05) is 12.7 Å². The standard InChI is InChI=1S/C13H21FO2Si/c1-4-5-6-10-15-17(2,3)16-13-9-7-8-12(14)11-13/h7-9,11H,4-6,10H2,1-3H3. The van der Waals surface area contributed by atoms with Gasteiger partial charge in [-0.3, -0.25) is 0 Å². The van der Waals surface area contributed by atoms with E-state index in [1.165, 1.54) is 25.0 Å². The van der Waals surface area contributed by atoms with Crippen molar-refractivity contribution in [3.05, 3.63) is 30.1 Å². The topological polar surface area (TPSA) is 18.5 Å². The predicted octanol–water partition coefficient (Wildman–Crippen LogP) is 4.11. The fraction of sp³-hybridized carbons (Fsp3) is 0.538. The van der Waals surface area contributed by atoms with Gasteiger partial charge < -0.3 is 8.85 Å². The zero-order valence-electron chi connectivity index (χ0n) is 10.8. The van der Waals surface area contributed by atoms with Crippen LogP contribution < -0.4 is 4.43 Å². The summed E-state index contributed by atoms with van der Waals surface area (Å²) in [6, 6.07) is 6.20. The lowest BCUT2D eigenvalue weighted by Gasteiger charge is -2.23. The smallest absolute Gasteiger partial charge is 0.392 e. The summed E-state index contributed by atoms with van der Waals surface area (Å²) in [6.07, 6.45) is 3.40. The van der Waals surface area contributed by atoms with Crippen LogP contribution in [-0.4, -0.2) is 15.2 Å². The summed E-state index contributed by atoms with van der Waals surface area (Å²) in [5.41, 5.74) is 0. The van der Waals surface area contributed by atoms with Gasteiger partial charge in [0.05, 0.1) is 0 Å². The minimum absolute atomic E-state index is 0.279. The van der Waals surface area contributed by atoms with Crippen molar-refractivity contribution in [3.8, 4) is 5.75 Å². The zero-order chi connectivity index (χ0) is 12.7. The van der Waals surface area contributed by atoms with Crippen molar-refractivity contribution in [2.75, 3.05) is 6.61 Å². The molecule has 0 atom stereocenters. The molecule has 0 unspecified atom stereocenters. The summed E-state index contributed by atoms with van der Waals surface area (Å²) in [6.45, 7) is 6.84. The first kappa shape index (κ1) is 14.2. The molecule has 0 saturated heterocycles. The van der Waals surface area contributed by atoms with E-state index in [0.29, 0.717) is 5.75 Å². The van der Waals surface area contributed by atoms with Crippen molar-refractivity contribution in [2.45, 2.75) is 39.3 Å². The van der Waals surface area contributed by atoms with Crippen LogP contribution in [0.1, 0.15) is 26.2 Å². The van der Waals surface area contributed by atoms with E-state index in [0.717, 1.165) is 13.0 Å². The molecule has 17 heavy (non-hydrogen) atoms. The molecule has 1 aromatic carbocycles. The Labute approximate surface area is 104 Å². The van der Waals surface area contributed by atoms with Crippen molar-refractivity contribution in [1.29, 1.82) is 0 Å². The van der Waals surface area contributed by atoms with Crippen molar-refractivity contribution < 1.29 is 13.2 Å². The third-order valence-electron chi connectivity index (χ3n) is 2.36. The van der Waals surface area contributed by atoms with Gasteiger partial charge in [0.1, 0.15) is 11.6 Å². The van der Waals surface area contributed by atoms with Crippen LogP contribution in [0.25, 0.3) is 0 Å². The van der Waals surface area contributed by atoms with Crippen LogP contribution in [0.5, 0.6) is 5.75 Å². The zero-order valence-corrected chi connectivity index (χ0v) is 11.8. The highest BCUT2D eigenvalue weighted by Crippen LogP contribution is 2.18. The Balaban J connectivity index is 2.42. The normalized spacial score (nSPS) is 11.5. The molecule has 4 heteroatoms. The second-order valence-corrected chi connectivity index (χ2v) is 7.81. The molecule has 0 fully saturated rings. The fourth-order valence-electron chi connectivity index (χ4n) is 1.51. The highest BCUT2D eigenvalue weighted by Gasteiger charge is 2.26. The first-order valence-electron chi connectivity index (χ1n) is 6.12. The lowest BCUT2D eigenvalue weighted by atomic mass is 10.3. The second kappa shape index (κ2) is 6.76. The third kappa shape index (κ3) is 5.84. The van der Waals surface area contributed by atoms with E-state index in [1.807, 2.05) is 13.1 Å². The summed E-state index contributed by atoms with van der Waals surface area (Å²) >= 11 is 0. The molecule has 1 rings (SSSR count). The number of halogens is 1. The molecule has 2 nitrogen and oxygen atoms in total. The van der Waals surface area contributed by atoms with Gasteiger partial charge in [0.2, 0.25) is 0 Å². The van der Waals surface area contributed by atoms with Crippen molar-refractivity contribution in [2.24, 2.45) is 0 Å². The summed E-state index contributed by atoms with van der Waals surface area (Å²) in [7, 11) is -2.18. The number of hydrogen-bond acceptors (Lipinski definition) is 2. The summed E-state index contributed by atoms with van der Waals surface area (Å²) in [4.78, 5) is 0. The fourth-order valence-corrected chi connectivity index (χ4v) is 2.90. The molecular weight excluding hydrogens is 235 g/mol. The van der Waals surface area contributed by atoms with Gasteiger partial charge in [-0.25, -0.2) is 4.39 Å². The Morgan fingerprint density at radius 2 is 2.00 bits per heavy atom. The van der Waals surface area contributed by atoms with E-state index in [2.05, 4.69) is 6.92 Å². The van der Waals surface area contributed by atoms with E-state index < -0.39 is 8.56 Å². The largest absolute Gasteiger partial charge is 0.520 e. The highest BCUT2D eigenvalue weighted by atomic mass is 28.4. The number of rotatable bonds is 7. The Morgan fingerprint density at radius 1 is 1.24 bits per heavy atom. The van der Waals surface area contributed by atoms with Crippen molar-refractivity contribution in [1.82, 2.24) is 0 Å². The highest BCUT2D eigenvalue weighted by molar-refractivity contribution is 6.65. The first-order chi connectivity index (χ1) is 8.03. The first-order valence-corrected chi connectivity index (χ1v) is 8.94. The molecule has 0 bridgehead atoms. The average molecular weight is 256 g/mol. The molecule has 96 valence electrons. The second-order valence-electron chi connectivity index (χ2n) is 4.51. The lowest BCUT2D eigenvalue weighted by molar-refractivity contribution is 0.241. The SMILES string of the molecule is CCCCCO[Si](C)(C)Oc1cccc(F)c1.